The Bertz CT molecular complexity index is 1170. The van der Waals surface area contributed by atoms with Crippen molar-refractivity contribution in [3.8, 4) is 23.0 Å². The molecular formula is C23H23N5O3. The smallest absolute Gasteiger partial charge is 0.272 e. The molecule has 1 aromatic carbocycles. The van der Waals surface area contributed by atoms with Crippen molar-refractivity contribution in [1.29, 1.82) is 5.26 Å². The molecule has 0 aliphatic carbocycles. The third kappa shape index (κ3) is 4.42. The van der Waals surface area contributed by atoms with E-state index in [0.29, 0.717) is 34.7 Å². The first-order valence-corrected chi connectivity index (χ1v) is 10.3. The summed E-state index contributed by atoms with van der Waals surface area (Å²) >= 11 is 0. The quantitative estimate of drug-likeness (QED) is 0.663. The maximum Gasteiger partial charge on any atom is 0.272 e. The number of aromatic amines is 1. The predicted molar refractivity (Wildman–Crippen MR) is 115 cm³/mol. The summed E-state index contributed by atoms with van der Waals surface area (Å²) < 4.78 is 7.22. The zero-order chi connectivity index (χ0) is 21.8. The van der Waals surface area contributed by atoms with Crippen LogP contribution < -0.4 is 10.9 Å². The number of amides is 1. The van der Waals surface area contributed by atoms with Crippen LogP contribution in [0.25, 0.3) is 16.9 Å². The minimum absolute atomic E-state index is 0.00723. The van der Waals surface area contributed by atoms with Crippen LogP contribution in [0.3, 0.4) is 0 Å². The molecule has 1 saturated heterocycles. The SMILES string of the molecule is C[C@H](NC(=O)c1cccnc1-n1cc(-c2ccc(C#N)cc2)c(=O)[nH]1)C1CCCCO1. The number of pyridine rings is 1. The molecule has 0 spiro atoms. The van der Waals surface area contributed by atoms with Crippen molar-refractivity contribution in [2.24, 2.45) is 0 Å². The molecule has 0 bridgehead atoms. The minimum Gasteiger partial charge on any atom is -0.376 e. The molecule has 4 rings (SSSR count). The first-order valence-electron chi connectivity index (χ1n) is 10.3. The number of H-pyrrole nitrogens is 1. The molecule has 3 heterocycles. The Labute approximate surface area is 179 Å². The molecule has 31 heavy (non-hydrogen) atoms. The summed E-state index contributed by atoms with van der Waals surface area (Å²) in [6.45, 7) is 2.65. The first kappa shape index (κ1) is 20.6. The van der Waals surface area contributed by atoms with Crippen molar-refractivity contribution < 1.29 is 9.53 Å². The van der Waals surface area contributed by atoms with Crippen LogP contribution in [-0.4, -0.2) is 39.4 Å². The van der Waals surface area contributed by atoms with E-state index in [9.17, 15) is 9.59 Å². The fraction of sp³-hybridized carbons (Fsp3) is 0.304. The molecule has 2 aromatic heterocycles. The molecule has 2 atom stereocenters. The van der Waals surface area contributed by atoms with Crippen molar-refractivity contribution in [3.05, 3.63) is 70.3 Å². The molecule has 1 fully saturated rings. The Balaban J connectivity index is 1.60. The highest BCUT2D eigenvalue weighted by Gasteiger charge is 2.24. The van der Waals surface area contributed by atoms with Gasteiger partial charge in [-0.05, 0) is 56.0 Å². The van der Waals surface area contributed by atoms with E-state index in [1.807, 2.05) is 6.92 Å². The Morgan fingerprint density at radius 2 is 2.13 bits per heavy atom. The van der Waals surface area contributed by atoms with E-state index in [4.69, 9.17) is 10.00 Å². The highest BCUT2D eigenvalue weighted by Crippen LogP contribution is 2.19. The second kappa shape index (κ2) is 8.98. The summed E-state index contributed by atoms with van der Waals surface area (Å²) in [4.78, 5) is 29.9. The molecule has 8 nitrogen and oxygen atoms in total. The van der Waals surface area contributed by atoms with E-state index in [2.05, 4.69) is 21.5 Å². The van der Waals surface area contributed by atoms with Crippen LogP contribution in [0, 0.1) is 11.3 Å². The van der Waals surface area contributed by atoms with Crippen LogP contribution in [0.15, 0.2) is 53.6 Å². The van der Waals surface area contributed by atoms with Gasteiger partial charge in [0.05, 0.1) is 34.9 Å². The second-order valence-corrected chi connectivity index (χ2v) is 7.58. The number of benzene rings is 1. The van der Waals surface area contributed by atoms with Crippen LogP contribution in [0.2, 0.25) is 0 Å². The number of carbonyl (C=O) groups excluding carboxylic acids is 1. The van der Waals surface area contributed by atoms with E-state index in [-0.39, 0.29) is 23.6 Å². The van der Waals surface area contributed by atoms with E-state index in [0.717, 1.165) is 19.3 Å². The topological polar surface area (TPSA) is 113 Å². The predicted octanol–water partition coefficient (Wildman–Crippen LogP) is 2.79. The molecule has 2 N–H and O–H groups in total. The summed E-state index contributed by atoms with van der Waals surface area (Å²) in [6.07, 6.45) is 6.22. The summed E-state index contributed by atoms with van der Waals surface area (Å²) in [6, 6.07) is 12.0. The fourth-order valence-corrected chi connectivity index (χ4v) is 3.74. The maximum atomic E-state index is 13.0. The molecule has 1 unspecified atom stereocenters. The number of carbonyl (C=O) groups is 1. The van der Waals surface area contributed by atoms with Crippen LogP contribution >= 0.6 is 0 Å². The lowest BCUT2D eigenvalue weighted by atomic mass is 10.0. The summed E-state index contributed by atoms with van der Waals surface area (Å²) in [7, 11) is 0. The second-order valence-electron chi connectivity index (χ2n) is 7.58. The molecule has 0 radical (unpaired) electrons. The van der Waals surface area contributed by atoms with Gasteiger partial charge in [-0.25, -0.2) is 9.67 Å². The summed E-state index contributed by atoms with van der Waals surface area (Å²) in [5.74, 6) is 0.0491. The molecule has 8 heteroatoms. The summed E-state index contributed by atoms with van der Waals surface area (Å²) in [5, 5.41) is 14.7. The molecule has 1 aliphatic rings. The van der Waals surface area contributed by atoms with E-state index < -0.39 is 0 Å². The average Bonchev–Trinajstić information content (AvgIpc) is 3.21. The first-order chi connectivity index (χ1) is 15.1. The van der Waals surface area contributed by atoms with Gasteiger partial charge in [0.2, 0.25) is 0 Å². The molecule has 3 aromatic rings. The number of ether oxygens (including phenoxy) is 1. The van der Waals surface area contributed by atoms with Gasteiger partial charge in [-0.2, -0.15) is 5.26 Å². The van der Waals surface area contributed by atoms with Gasteiger partial charge in [-0.15, -0.1) is 0 Å². The third-order valence-corrected chi connectivity index (χ3v) is 5.44. The normalized spacial score (nSPS) is 17.0. The number of aromatic nitrogens is 3. The van der Waals surface area contributed by atoms with Crippen LogP contribution in [0.4, 0.5) is 0 Å². The largest absolute Gasteiger partial charge is 0.376 e. The van der Waals surface area contributed by atoms with Crippen molar-refractivity contribution in [3.63, 3.8) is 0 Å². The lowest BCUT2D eigenvalue weighted by Crippen LogP contribution is -2.44. The Morgan fingerprint density at radius 3 is 2.84 bits per heavy atom. The van der Waals surface area contributed by atoms with Crippen LogP contribution in [-0.2, 0) is 4.74 Å². The van der Waals surface area contributed by atoms with Crippen molar-refractivity contribution in [1.82, 2.24) is 20.1 Å². The van der Waals surface area contributed by atoms with Crippen molar-refractivity contribution in [2.45, 2.75) is 38.3 Å². The van der Waals surface area contributed by atoms with E-state index in [1.165, 1.54) is 4.68 Å². The van der Waals surface area contributed by atoms with Crippen LogP contribution in [0.5, 0.6) is 0 Å². The van der Waals surface area contributed by atoms with Gasteiger partial charge >= 0.3 is 0 Å². The molecule has 158 valence electrons. The molecular weight excluding hydrogens is 394 g/mol. The minimum atomic E-state index is -0.314. The van der Waals surface area contributed by atoms with Gasteiger partial charge in [0.1, 0.15) is 0 Å². The highest BCUT2D eigenvalue weighted by molar-refractivity contribution is 5.97. The van der Waals surface area contributed by atoms with E-state index >= 15 is 0 Å². The highest BCUT2D eigenvalue weighted by atomic mass is 16.5. The van der Waals surface area contributed by atoms with Crippen LogP contribution in [0.1, 0.15) is 42.1 Å². The average molecular weight is 417 g/mol. The van der Waals surface area contributed by atoms with Gasteiger partial charge < -0.3 is 10.1 Å². The lowest BCUT2D eigenvalue weighted by Gasteiger charge is -2.28. The lowest BCUT2D eigenvalue weighted by molar-refractivity contribution is -0.00298. The molecule has 0 saturated carbocycles. The Morgan fingerprint density at radius 1 is 1.32 bits per heavy atom. The van der Waals surface area contributed by atoms with Gasteiger partial charge in [-0.1, -0.05) is 12.1 Å². The number of nitrogens with zero attached hydrogens (tertiary/aromatic N) is 3. The van der Waals surface area contributed by atoms with Crippen molar-refractivity contribution in [2.75, 3.05) is 6.61 Å². The van der Waals surface area contributed by atoms with Crippen molar-refractivity contribution >= 4 is 5.91 Å². The zero-order valence-electron chi connectivity index (χ0n) is 17.2. The number of hydrogen-bond acceptors (Lipinski definition) is 5. The van der Waals surface area contributed by atoms with Gasteiger partial charge in [0.25, 0.3) is 11.5 Å². The Hall–Kier alpha value is -3.70. The zero-order valence-corrected chi connectivity index (χ0v) is 17.2. The number of nitriles is 1. The molecule has 1 amide bonds. The summed E-state index contributed by atoms with van der Waals surface area (Å²) in [5.41, 5.74) is 1.64. The van der Waals surface area contributed by atoms with Gasteiger partial charge in [-0.3, -0.25) is 14.7 Å². The van der Waals surface area contributed by atoms with Gasteiger partial charge in [0.15, 0.2) is 5.82 Å². The molecule has 1 aliphatic heterocycles. The number of nitrogens with one attached hydrogen (secondary N) is 2. The fourth-order valence-electron chi connectivity index (χ4n) is 3.74. The van der Waals surface area contributed by atoms with Gasteiger partial charge in [0, 0.05) is 19.0 Å². The van der Waals surface area contributed by atoms with E-state index in [1.54, 1.807) is 48.8 Å². The maximum absolute atomic E-state index is 13.0. The standard InChI is InChI=1S/C23H23N5O3/c1-15(20-6-2-3-12-31-20)26-22(29)18-5-4-11-25-21(18)28-14-19(23(30)27-28)17-9-7-16(13-24)8-10-17/h4-5,7-11,14-15,20H,2-3,6,12H2,1H3,(H,26,29)(H,27,30)/t15-,20?/m0/s1. The number of hydrogen-bond donors (Lipinski definition) is 2. The Kier molecular flexibility index (Phi) is 5.96. The third-order valence-electron chi connectivity index (χ3n) is 5.44. The number of rotatable bonds is 5. The monoisotopic (exact) mass is 417 g/mol.